The van der Waals surface area contributed by atoms with Crippen molar-refractivity contribution in [2.24, 2.45) is 5.92 Å². The molecule has 1 aromatic heterocycles. The third kappa shape index (κ3) is 3.64. The first-order valence-electron chi connectivity index (χ1n) is 8.27. The Morgan fingerprint density at radius 3 is 2.71 bits per heavy atom. The zero-order valence-corrected chi connectivity index (χ0v) is 14.0. The number of hydrogen-bond acceptors (Lipinski definition) is 3. The maximum absolute atomic E-state index is 10.9. The number of aliphatic hydroxyl groups is 1. The molecule has 3 atom stereocenters. The van der Waals surface area contributed by atoms with Crippen LogP contribution in [-0.2, 0) is 12.8 Å². The SMILES string of the molecule is CCc1ccc(CC(O)C2(N(C)C)CCCC(C)C2)nc1. The first-order chi connectivity index (χ1) is 9.98. The zero-order valence-electron chi connectivity index (χ0n) is 14.0. The molecule has 1 fully saturated rings. The van der Waals surface area contributed by atoms with Gasteiger partial charge in [0.2, 0.25) is 0 Å². The van der Waals surface area contributed by atoms with E-state index in [1.165, 1.54) is 18.4 Å². The predicted octanol–water partition coefficient (Wildman–Crippen LogP) is 3.06. The van der Waals surface area contributed by atoms with E-state index in [-0.39, 0.29) is 11.6 Å². The standard InChI is InChI=1S/C18H30N2O/c1-5-15-8-9-16(19-13-15)11-17(21)18(20(3)4)10-6-7-14(2)12-18/h8-9,13-14,17,21H,5-7,10-12H2,1-4H3. The largest absolute Gasteiger partial charge is 0.391 e. The van der Waals surface area contributed by atoms with Crippen molar-refractivity contribution in [2.45, 2.75) is 64.0 Å². The minimum atomic E-state index is -0.352. The lowest BCUT2D eigenvalue weighted by Gasteiger charge is -2.48. The Balaban J connectivity index is 2.12. The number of aliphatic hydroxyl groups excluding tert-OH is 1. The lowest BCUT2D eigenvalue weighted by molar-refractivity contribution is -0.0428. The van der Waals surface area contributed by atoms with Crippen molar-refractivity contribution in [3.8, 4) is 0 Å². The molecule has 2 rings (SSSR count). The van der Waals surface area contributed by atoms with Crippen molar-refractivity contribution >= 4 is 0 Å². The summed E-state index contributed by atoms with van der Waals surface area (Å²) in [5, 5.41) is 10.9. The average Bonchev–Trinajstić information content (AvgIpc) is 2.47. The van der Waals surface area contributed by atoms with Crippen LogP contribution < -0.4 is 0 Å². The van der Waals surface area contributed by atoms with Crippen molar-refractivity contribution in [3.63, 3.8) is 0 Å². The molecule has 0 saturated heterocycles. The fourth-order valence-electron chi connectivity index (χ4n) is 3.74. The summed E-state index contributed by atoms with van der Waals surface area (Å²) in [5.74, 6) is 0.686. The number of aromatic nitrogens is 1. The molecule has 0 amide bonds. The Morgan fingerprint density at radius 2 is 2.19 bits per heavy atom. The van der Waals surface area contributed by atoms with Crippen LogP contribution in [0.3, 0.4) is 0 Å². The second-order valence-electron chi connectivity index (χ2n) is 6.93. The quantitative estimate of drug-likeness (QED) is 0.905. The van der Waals surface area contributed by atoms with Gasteiger partial charge >= 0.3 is 0 Å². The van der Waals surface area contributed by atoms with Crippen LogP contribution in [0.5, 0.6) is 0 Å². The summed E-state index contributed by atoms with van der Waals surface area (Å²) in [5.41, 5.74) is 2.16. The van der Waals surface area contributed by atoms with E-state index in [0.29, 0.717) is 12.3 Å². The van der Waals surface area contributed by atoms with E-state index < -0.39 is 0 Å². The number of likely N-dealkylation sites (N-methyl/N-ethyl adjacent to an activating group) is 1. The van der Waals surface area contributed by atoms with Crippen LogP contribution in [0.1, 0.15) is 50.8 Å². The molecule has 3 nitrogen and oxygen atoms in total. The van der Waals surface area contributed by atoms with E-state index in [0.717, 1.165) is 25.0 Å². The molecule has 3 heteroatoms. The van der Waals surface area contributed by atoms with Crippen LogP contribution >= 0.6 is 0 Å². The van der Waals surface area contributed by atoms with E-state index in [4.69, 9.17) is 0 Å². The van der Waals surface area contributed by atoms with Gasteiger partial charge in [0, 0.05) is 23.9 Å². The highest BCUT2D eigenvalue weighted by atomic mass is 16.3. The summed E-state index contributed by atoms with van der Waals surface area (Å²) < 4.78 is 0. The minimum Gasteiger partial charge on any atom is -0.391 e. The minimum absolute atomic E-state index is 0.0945. The molecule has 118 valence electrons. The first-order valence-corrected chi connectivity index (χ1v) is 8.27. The van der Waals surface area contributed by atoms with Crippen LogP contribution in [-0.4, -0.2) is 40.7 Å². The molecule has 0 aromatic carbocycles. The van der Waals surface area contributed by atoms with Crippen LogP contribution in [0.15, 0.2) is 18.3 Å². The predicted molar refractivity (Wildman–Crippen MR) is 87.4 cm³/mol. The van der Waals surface area contributed by atoms with Gasteiger partial charge in [-0.2, -0.15) is 0 Å². The van der Waals surface area contributed by atoms with Crippen molar-refractivity contribution in [1.82, 2.24) is 9.88 Å². The summed E-state index contributed by atoms with van der Waals surface area (Å²) in [4.78, 5) is 6.76. The molecule has 21 heavy (non-hydrogen) atoms. The van der Waals surface area contributed by atoms with E-state index in [1.54, 1.807) is 0 Å². The first kappa shape index (κ1) is 16.4. The molecular weight excluding hydrogens is 260 g/mol. The van der Waals surface area contributed by atoms with Crippen molar-refractivity contribution < 1.29 is 5.11 Å². The molecule has 1 aliphatic carbocycles. The summed E-state index contributed by atoms with van der Waals surface area (Å²) in [6.45, 7) is 4.44. The van der Waals surface area contributed by atoms with Gasteiger partial charge in [0.05, 0.1) is 6.10 Å². The van der Waals surface area contributed by atoms with Crippen LogP contribution in [0.2, 0.25) is 0 Å². The molecular formula is C18H30N2O. The Kier molecular flexibility index (Phi) is 5.39. The Hall–Kier alpha value is -0.930. The lowest BCUT2D eigenvalue weighted by atomic mass is 9.71. The second-order valence-corrected chi connectivity index (χ2v) is 6.93. The van der Waals surface area contributed by atoms with E-state index in [1.807, 2.05) is 6.20 Å². The monoisotopic (exact) mass is 290 g/mol. The molecule has 0 aliphatic heterocycles. The number of rotatable bonds is 5. The number of hydrogen-bond donors (Lipinski definition) is 1. The smallest absolute Gasteiger partial charge is 0.0779 e. The highest BCUT2D eigenvalue weighted by Crippen LogP contribution is 2.39. The van der Waals surface area contributed by atoms with Gasteiger partial charge in [-0.25, -0.2) is 0 Å². The summed E-state index contributed by atoms with van der Waals surface area (Å²) in [6.07, 6.45) is 7.89. The van der Waals surface area contributed by atoms with Gasteiger partial charge in [0.25, 0.3) is 0 Å². The lowest BCUT2D eigenvalue weighted by Crippen LogP contribution is -2.56. The van der Waals surface area contributed by atoms with Gasteiger partial charge in [0.1, 0.15) is 0 Å². The second kappa shape index (κ2) is 6.89. The van der Waals surface area contributed by atoms with Gasteiger partial charge < -0.3 is 10.0 Å². The van der Waals surface area contributed by atoms with E-state index >= 15 is 0 Å². The van der Waals surface area contributed by atoms with Gasteiger partial charge in [-0.15, -0.1) is 0 Å². The highest BCUT2D eigenvalue weighted by Gasteiger charge is 2.42. The Morgan fingerprint density at radius 1 is 1.43 bits per heavy atom. The number of pyridine rings is 1. The number of aryl methyl sites for hydroxylation is 1. The maximum Gasteiger partial charge on any atom is 0.0779 e. The van der Waals surface area contributed by atoms with Gasteiger partial charge in [-0.1, -0.05) is 32.8 Å². The Labute approximate surface area is 129 Å². The molecule has 0 spiro atoms. The highest BCUT2D eigenvalue weighted by molar-refractivity contribution is 5.15. The number of nitrogens with zero attached hydrogens (tertiary/aromatic N) is 2. The third-order valence-electron chi connectivity index (χ3n) is 5.22. The van der Waals surface area contributed by atoms with Crippen LogP contribution in [0, 0.1) is 5.92 Å². The molecule has 0 bridgehead atoms. The zero-order chi connectivity index (χ0) is 15.5. The Bertz CT molecular complexity index is 443. The van der Waals surface area contributed by atoms with Crippen LogP contribution in [0.25, 0.3) is 0 Å². The van der Waals surface area contributed by atoms with Crippen LogP contribution in [0.4, 0.5) is 0 Å². The van der Waals surface area contributed by atoms with Crippen molar-refractivity contribution in [2.75, 3.05) is 14.1 Å². The molecule has 0 radical (unpaired) electrons. The van der Waals surface area contributed by atoms with Crippen molar-refractivity contribution in [1.29, 1.82) is 0 Å². The summed E-state index contributed by atoms with van der Waals surface area (Å²) in [7, 11) is 4.21. The van der Waals surface area contributed by atoms with E-state index in [9.17, 15) is 5.11 Å². The van der Waals surface area contributed by atoms with Gasteiger partial charge in [-0.3, -0.25) is 4.98 Å². The average molecular weight is 290 g/mol. The molecule has 1 N–H and O–H groups in total. The summed E-state index contributed by atoms with van der Waals surface area (Å²) in [6, 6.07) is 4.19. The fraction of sp³-hybridized carbons (Fsp3) is 0.722. The van der Waals surface area contributed by atoms with Crippen molar-refractivity contribution in [3.05, 3.63) is 29.6 Å². The normalized spacial score (nSPS) is 27.8. The van der Waals surface area contributed by atoms with Gasteiger partial charge in [0.15, 0.2) is 0 Å². The fourth-order valence-corrected chi connectivity index (χ4v) is 3.74. The molecule has 1 saturated carbocycles. The molecule has 3 unspecified atom stereocenters. The van der Waals surface area contributed by atoms with E-state index in [2.05, 4.69) is 50.0 Å². The molecule has 1 aromatic rings. The molecule has 1 heterocycles. The summed E-state index contributed by atoms with van der Waals surface area (Å²) >= 11 is 0. The maximum atomic E-state index is 10.9. The van der Waals surface area contributed by atoms with Gasteiger partial charge in [-0.05, 0) is 50.9 Å². The third-order valence-corrected chi connectivity index (χ3v) is 5.22. The topological polar surface area (TPSA) is 36.4 Å². The molecule has 1 aliphatic rings.